The number of carbonyl (C=O) groups excluding carboxylic acids is 1. The lowest BCUT2D eigenvalue weighted by Crippen LogP contribution is -2.64. The number of hydrogen-bond donors (Lipinski definition) is 2. The average molecular weight is 655 g/mol. The molecule has 3 aromatic carbocycles. The summed E-state index contributed by atoms with van der Waals surface area (Å²) in [5.41, 5.74) is 1.83. The third-order valence-electron chi connectivity index (χ3n) is 9.97. The third kappa shape index (κ3) is 6.82. The van der Waals surface area contributed by atoms with Crippen LogP contribution in [-0.4, -0.2) is 53.5 Å². The first-order valence-electron chi connectivity index (χ1n) is 17.0. The maximum absolute atomic E-state index is 14.3. The molecule has 0 amide bonds. The van der Waals surface area contributed by atoms with Crippen LogP contribution in [0.3, 0.4) is 0 Å². The molecule has 1 heterocycles. The molecular weight excluding hydrogens is 609 g/mol. The van der Waals surface area contributed by atoms with Crippen molar-refractivity contribution in [2.24, 2.45) is 17.8 Å². The summed E-state index contributed by atoms with van der Waals surface area (Å²) in [5.74, 6) is 0.427. The van der Waals surface area contributed by atoms with Gasteiger partial charge in [-0.2, -0.15) is 0 Å². The van der Waals surface area contributed by atoms with E-state index in [1.807, 2.05) is 24.3 Å². The quantitative estimate of drug-likeness (QED) is 0.120. The normalized spacial score (nSPS) is 26.1. The molecule has 2 N–H and O–H groups in total. The lowest BCUT2D eigenvalue weighted by Gasteiger charge is -2.58. The van der Waals surface area contributed by atoms with Gasteiger partial charge in [0.15, 0.2) is 5.78 Å². The fraction of sp³-hybridized carbons (Fsp3) is 0.425. The molecule has 248 valence electrons. The summed E-state index contributed by atoms with van der Waals surface area (Å²) in [4.78, 5) is 15.4. The molecule has 0 bridgehead atoms. The summed E-state index contributed by atoms with van der Waals surface area (Å²) in [5, 5.41) is 21.3. The summed E-state index contributed by atoms with van der Waals surface area (Å²) in [6.45, 7) is 8.75. The zero-order valence-corrected chi connectivity index (χ0v) is 27.8. The van der Waals surface area contributed by atoms with E-state index in [-0.39, 0.29) is 60.9 Å². The van der Waals surface area contributed by atoms with Crippen LogP contribution in [0, 0.1) is 17.8 Å². The van der Waals surface area contributed by atoms with Gasteiger partial charge in [-0.3, -0.25) is 4.79 Å². The van der Waals surface area contributed by atoms with Crippen molar-refractivity contribution >= 4 is 28.3 Å². The summed E-state index contributed by atoms with van der Waals surface area (Å²) >= 11 is 1.66. The van der Waals surface area contributed by atoms with E-state index in [1.165, 1.54) is 5.39 Å². The molecule has 47 heavy (non-hydrogen) atoms. The van der Waals surface area contributed by atoms with E-state index in [4.69, 9.17) is 14.2 Å². The number of carbonyl (C=O) groups is 1. The Morgan fingerprint density at radius 2 is 1.68 bits per heavy atom. The van der Waals surface area contributed by atoms with E-state index in [1.54, 1.807) is 23.9 Å². The van der Waals surface area contributed by atoms with Gasteiger partial charge in [-0.05, 0) is 78.6 Å². The molecule has 0 radical (unpaired) electrons. The van der Waals surface area contributed by atoms with Crippen LogP contribution in [0.2, 0.25) is 0 Å². The maximum Gasteiger partial charge on any atom is 0.231 e. The Balaban J connectivity index is 1.50. The van der Waals surface area contributed by atoms with E-state index in [0.717, 1.165) is 71.4 Å². The smallest absolute Gasteiger partial charge is 0.231 e. The zero-order chi connectivity index (χ0) is 32.8. The molecule has 6 rings (SSSR count). The van der Waals surface area contributed by atoms with Gasteiger partial charge in [0.25, 0.3) is 0 Å². The van der Waals surface area contributed by atoms with Crippen LogP contribution >= 0.6 is 11.8 Å². The predicted octanol–water partition coefficient (Wildman–Crippen LogP) is 8.03. The Morgan fingerprint density at radius 1 is 0.915 bits per heavy atom. The molecule has 1 saturated carbocycles. The van der Waals surface area contributed by atoms with Gasteiger partial charge in [-0.25, -0.2) is 0 Å². The van der Waals surface area contributed by atoms with E-state index >= 15 is 0 Å². The first kappa shape index (κ1) is 33.5. The number of rotatable bonds is 16. The SMILES string of the molecule is C=CCOc1ccc2c(c1)C1C(CCCCO)C(CCCCO)C=C3C(=O)CC(Sc4ccc5ccccc5c4)C(OCC=C)(O2)C31. The number of aliphatic hydroxyl groups excluding tert-OH is 2. The van der Waals surface area contributed by atoms with E-state index in [2.05, 4.69) is 55.6 Å². The topological polar surface area (TPSA) is 85.2 Å². The van der Waals surface area contributed by atoms with Gasteiger partial charge in [-0.1, -0.05) is 68.0 Å². The summed E-state index contributed by atoms with van der Waals surface area (Å²) in [6.07, 6.45) is 11.0. The number of ketones is 1. The number of benzene rings is 3. The number of fused-ring (bicyclic) bond motifs is 3. The molecule has 6 atom stereocenters. The predicted molar refractivity (Wildman–Crippen MR) is 188 cm³/mol. The molecule has 2 aliphatic carbocycles. The van der Waals surface area contributed by atoms with Crippen molar-refractivity contribution < 1.29 is 29.2 Å². The highest BCUT2D eigenvalue weighted by Gasteiger charge is 2.64. The minimum absolute atomic E-state index is 0.0716. The lowest BCUT2D eigenvalue weighted by molar-refractivity contribution is -0.227. The minimum atomic E-state index is -1.11. The van der Waals surface area contributed by atoms with Crippen molar-refractivity contribution in [3.05, 3.63) is 103 Å². The van der Waals surface area contributed by atoms with Crippen LogP contribution in [-0.2, 0) is 9.53 Å². The van der Waals surface area contributed by atoms with E-state index in [0.29, 0.717) is 6.61 Å². The summed E-state index contributed by atoms with van der Waals surface area (Å²) in [6, 6.07) is 20.7. The third-order valence-corrected chi connectivity index (χ3v) is 11.3. The Bertz CT molecular complexity index is 1620. The Labute approximate surface area is 282 Å². The maximum atomic E-state index is 14.3. The van der Waals surface area contributed by atoms with Crippen molar-refractivity contribution in [3.8, 4) is 11.5 Å². The fourth-order valence-electron chi connectivity index (χ4n) is 7.97. The van der Waals surface area contributed by atoms with Crippen molar-refractivity contribution in [2.45, 2.75) is 66.8 Å². The van der Waals surface area contributed by atoms with Crippen molar-refractivity contribution in [3.63, 3.8) is 0 Å². The van der Waals surface area contributed by atoms with Crippen molar-refractivity contribution in [2.75, 3.05) is 26.4 Å². The summed E-state index contributed by atoms with van der Waals surface area (Å²) in [7, 11) is 0. The number of thioether (sulfide) groups is 1. The second-order valence-corrected chi connectivity index (χ2v) is 14.1. The largest absolute Gasteiger partial charge is 0.490 e. The number of ether oxygens (including phenoxy) is 3. The number of unbranched alkanes of at least 4 members (excludes halogenated alkanes) is 2. The van der Waals surface area contributed by atoms with Gasteiger partial charge < -0.3 is 24.4 Å². The van der Waals surface area contributed by atoms with Crippen LogP contribution in [0.5, 0.6) is 11.5 Å². The highest BCUT2D eigenvalue weighted by atomic mass is 32.2. The molecule has 0 saturated heterocycles. The molecule has 6 unspecified atom stereocenters. The minimum Gasteiger partial charge on any atom is -0.490 e. The average Bonchev–Trinajstić information content (AvgIpc) is 3.09. The lowest BCUT2D eigenvalue weighted by atomic mass is 9.56. The number of aliphatic hydroxyl groups is 2. The fourth-order valence-corrected chi connectivity index (χ4v) is 9.30. The molecule has 3 aliphatic rings. The number of hydrogen-bond acceptors (Lipinski definition) is 7. The monoisotopic (exact) mass is 654 g/mol. The van der Waals surface area contributed by atoms with Gasteiger partial charge in [0.05, 0.1) is 17.8 Å². The van der Waals surface area contributed by atoms with Gasteiger partial charge in [0, 0.05) is 41.6 Å². The van der Waals surface area contributed by atoms with E-state index < -0.39 is 5.79 Å². The van der Waals surface area contributed by atoms with Crippen LogP contribution < -0.4 is 9.47 Å². The van der Waals surface area contributed by atoms with Crippen molar-refractivity contribution in [1.29, 1.82) is 0 Å². The molecule has 1 fully saturated rings. The zero-order valence-electron chi connectivity index (χ0n) is 27.0. The molecular formula is C40H46O6S. The molecule has 3 aromatic rings. The highest BCUT2D eigenvalue weighted by Crippen LogP contribution is 2.63. The van der Waals surface area contributed by atoms with E-state index in [9.17, 15) is 15.0 Å². The molecule has 6 nitrogen and oxygen atoms in total. The molecule has 1 aliphatic heterocycles. The second kappa shape index (κ2) is 15.2. The molecule has 0 aromatic heterocycles. The molecule has 0 spiro atoms. The van der Waals surface area contributed by atoms with Crippen LogP contribution in [0.25, 0.3) is 10.8 Å². The highest BCUT2D eigenvalue weighted by molar-refractivity contribution is 8.00. The number of allylic oxidation sites excluding steroid dienone is 1. The van der Waals surface area contributed by atoms with Crippen LogP contribution in [0.4, 0.5) is 0 Å². The first-order chi connectivity index (χ1) is 23.0. The summed E-state index contributed by atoms with van der Waals surface area (Å²) < 4.78 is 20.0. The van der Waals surface area contributed by atoms with Crippen LogP contribution in [0.1, 0.15) is 56.4 Å². The Kier molecular flexibility index (Phi) is 10.9. The number of Topliss-reactive ketones (excluding diaryl/α,β-unsaturated/α-hetero) is 1. The van der Waals surface area contributed by atoms with Gasteiger partial charge in [0.2, 0.25) is 5.79 Å². The first-order valence-corrected chi connectivity index (χ1v) is 17.8. The Hall–Kier alpha value is -3.36. The van der Waals surface area contributed by atoms with Crippen LogP contribution in [0.15, 0.2) is 103 Å². The molecule has 7 heteroatoms. The van der Waals surface area contributed by atoms with Crippen molar-refractivity contribution in [1.82, 2.24) is 0 Å². The standard InChI is InChI=1S/C40H46O6S/c1-3-21-44-30-16-18-36-34(25-30)38-32(14-8-10-20-42)29(13-7-9-19-41)24-33-35(43)26-37(40(46-36,39(33)38)45-22-4-2)47-31-17-15-27-11-5-6-12-28(27)23-31/h3-6,11-12,15-18,23-25,29,32,37-39,41-42H,1-2,7-10,13-14,19-22,26H2. The second-order valence-electron chi connectivity index (χ2n) is 12.9. The van der Waals surface area contributed by atoms with Gasteiger partial charge in [-0.15, -0.1) is 18.3 Å². The Morgan fingerprint density at radius 3 is 2.45 bits per heavy atom. The van der Waals surface area contributed by atoms with Gasteiger partial charge >= 0.3 is 0 Å². The van der Waals surface area contributed by atoms with Gasteiger partial charge in [0.1, 0.15) is 18.1 Å².